The molecule has 2 N–H and O–H groups in total. The molecule has 0 atom stereocenters. The number of rotatable bonds is 4. The Hall–Kier alpha value is -2.44. The molecule has 132 valence electrons. The summed E-state index contributed by atoms with van der Waals surface area (Å²) in [6.07, 6.45) is 10.3. The van der Waals surface area contributed by atoms with Crippen LogP contribution in [-0.4, -0.2) is 31.7 Å². The molecule has 2 aromatic heterocycles. The zero-order valence-corrected chi connectivity index (χ0v) is 14.5. The van der Waals surface area contributed by atoms with Crippen molar-refractivity contribution >= 4 is 17.7 Å². The molecule has 0 saturated heterocycles. The maximum atomic E-state index is 12.7. The number of hydrogen-bond acceptors (Lipinski definition) is 5. The van der Waals surface area contributed by atoms with E-state index in [0.717, 1.165) is 56.5 Å². The van der Waals surface area contributed by atoms with Gasteiger partial charge in [-0.1, -0.05) is 0 Å². The second kappa shape index (κ2) is 6.82. The Balaban J connectivity index is 1.33. The zero-order valence-electron chi connectivity index (χ0n) is 14.5. The van der Waals surface area contributed by atoms with Gasteiger partial charge in [-0.25, -0.2) is 9.97 Å². The van der Waals surface area contributed by atoms with E-state index in [1.54, 1.807) is 12.4 Å². The first-order valence-electron chi connectivity index (χ1n) is 9.10. The number of nitrogens with one attached hydrogen (secondary N) is 2. The maximum Gasteiger partial charge on any atom is 0.228 e. The summed E-state index contributed by atoms with van der Waals surface area (Å²) in [6.45, 7) is 0. The topological polar surface area (TPSA) is 84.7 Å². The normalized spacial score (nSPS) is 22.4. The van der Waals surface area contributed by atoms with Gasteiger partial charge in [-0.05, 0) is 51.0 Å². The predicted molar refractivity (Wildman–Crippen MR) is 95.3 cm³/mol. The van der Waals surface area contributed by atoms with E-state index in [4.69, 9.17) is 0 Å². The molecular formula is C18H24N6O. The minimum Gasteiger partial charge on any atom is -0.351 e. The standard InChI is InChI=1S/C18H24N6O/c1-24-16(14-4-2-5-15(14)23-24)22-17(25)12-6-8-13(9-7-12)21-18-19-10-3-11-20-18/h3,10-13H,2,4-9H2,1H3,(H,22,25)(H,19,20,21). The molecule has 2 heterocycles. The van der Waals surface area contributed by atoms with Crippen molar-refractivity contribution in [1.82, 2.24) is 19.7 Å². The van der Waals surface area contributed by atoms with E-state index in [1.165, 1.54) is 5.56 Å². The molecule has 1 fully saturated rings. The number of nitrogens with zero attached hydrogens (tertiary/aromatic N) is 4. The molecule has 0 aliphatic heterocycles. The van der Waals surface area contributed by atoms with E-state index >= 15 is 0 Å². The number of aryl methyl sites for hydroxylation is 2. The van der Waals surface area contributed by atoms with Crippen LogP contribution in [0.25, 0.3) is 0 Å². The van der Waals surface area contributed by atoms with Crippen molar-refractivity contribution in [2.45, 2.75) is 51.0 Å². The average molecular weight is 340 g/mol. The van der Waals surface area contributed by atoms with Crippen LogP contribution in [0.3, 0.4) is 0 Å². The summed E-state index contributed by atoms with van der Waals surface area (Å²) >= 11 is 0. The van der Waals surface area contributed by atoms with Crippen LogP contribution in [0.1, 0.15) is 43.4 Å². The Morgan fingerprint density at radius 2 is 1.92 bits per heavy atom. The van der Waals surface area contributed by atoms with E-state index in [9.17, 15) is 4.79 Å². The lowest BCUT2D eigenvalue weighted by Crippen LogP contribution is -2.33. The molecular weight excluding hydrogens is 316 g/mol. The first-order chi connectivity index (χ1) is 12.2. The van der Waals surface area contributed by atoms with Crippen LogP contribution < -0.4 is 10.6 Å². The number of carbonyl (C=O) groups is 1. The van der Waals surface area contributed by atoms with Crippen LogP contribution in [0.15, 0.2) is 18.5 Å². The average Bonchev–Trinajstić information content (AvgIpc) is 3.19. The Morgan fingerprint density at radius 1 is 1.16 bits per heavy atom. The first-order valence-corrected chi connectivity index (χ1v) is 9.10. The molecule has 25 heavy (non-hydrogen) atoms. The fraction of sp³-hybridized carbons (Fsp3) is 0.556. The summed E-state index contributed by atoms with van der Waals surface area (Å²) < 4.78 is 1.82. The molecule has 4 rings (SSSR count). The lowest BCUT2D eigenvalue weighted by atomic mass is 9.85. The van der Waals surface area contributed by atoms with Gasteiger partial charge in [0.25, 0.3) is 0 Å². The van der Waals surface area contributed by atoms with Crippen molar-refractivity contribution < 1.29 is 4.79 Å². The Bertz CT molecular complexity index is 748. The molecule has 7 nitrogen and oxygen atoms in total. The minimum absolute atomic E-state index is 0.0710. The fourth-order valence-electron chi connectivity index (χ4n) is 3.95. The van der Waals surface area contributed by atoms with E-state index in [-0.39, 0.29) is 11.8 Å². The maximum absolute atomic E-state index is 12.7. The number of anilines is 2. The fourth-order valence-corrected chi connectivity index (χ4v) is 3.95. The SMILES string of the molecule is Cn1nc2c(c1NC(=O)C1CCC(Nc3ncccn3)CC1)CCC2. The van der Waals surface area contributed by atoms with Gasteiger partial charge in [-0.15, -0.1) is 0 Å². The summed E-state index contributed by atoms with van der Waals surface area (Å²) in [6, 6.07) is 2.15. The van der Waals surface area contributed by atoms with E-state index in [0.29, 0.717) is 12.0 Å². The first kappa shape index (κ1) is 16.1. The third kappa shape index (κ3) is 3.36. The molecule has 1 amide bonds. The molecule has 0 bridgehead atoms. The number of hydrogen-bond donors (Lipinski definition) is 2. The monoisotopic (exact) mass is 340 g/mol. The summed E-state index contributed by atoms with van der Waals surface area (Å²) in [5, 5.41) is 11.0. The van der Waals surface area contributed by atoms with Gasteiger partial charge in [0.05, 0.1) is 5.69 Å². The highest BCUT2D eigenvalue weighted by Crippen LogP contribution is 2.31. The highest BCUT2D eigenvalue weighted by molar-refractivity contribution is 5.92. The molecule has 0 aromatic carbocycles. The van der Waals surface area contributed by atoms with Gasteiger partial charge >= 0.3 is 0 Å². The molecule has 1 saturated carbocycles. The highest BCUT2D eigenvalue weighted by Gasteiger charge is 2.29. The van der Waals surface area contributed by atoms with Gasteiger partial charge in [0.2, 0.25) is 11.9 Å². The predicted octanol–water partition coefficient (Wildman–Crippen LogP) is 2.31. The zero-order chi connectivity index (χ0) is 17.2. The van der Waals surface area contributed by atoms with Crippen molar-refractivity contribution in [2.75, 3.05) is 10.6 Å². The highest BCUT2D eigenvalue weighted by atomic mass is 16.2. The van der Waals surface area contributed by atoms with Crippen LogP contribution in [0.5, 0.6) is 0 Å². The lowest BCUT2D eigenvalue weighted by Gasteiger charge is -2.28. The Kier molecular flexibility index (Phi) is 4.38. The summed E-state index contributed by atoms with van der Waals surface area (Å²) in [5.74, 6) is 1.77. The smallest absolute Gasteiger partial charge is 0.228 e. The van der Waals surface area contributed by atoms with E-state index < -0.39 is 0 Å². The summed E-state index contributed by atoms with van der Waals surface area (Å²) in [4.78, 5) is 21.1. The van der Waals surface area contributed by atoms with Gasteiger partial charge < -0.3 is 10.6 Å². The quantitative estimate of drug-likeness (QED) is 0.892. The molecule has 0 spiro atoms. The third-order valence-electron chi connectivity index (χ3n) is 5.31. The summed E-state index contributed by atoms with van der Waals surface area (Å²) in [5.41, 5.74) is 2.38. The largest absolute Gasteiger partial charge is 0.351 e. The van der Waals surface area contributed by atoms with Gasteiger partial charge in [0.15, 0.2) is 0 Å². The Labute approximate surface area is 147 Å². The number of aromatic nitrogens is 4. The van der Waals surface area contributed by atoms with Crippen molar-refractivity contribution in [3.63, 3.8) is 0 Å². The number of fused-ring (bicyclic) bond motifs is 1. The van der Waals surface area contributed by atoms with Crippen LogP contribution in [0, 0.1) is 5.92 Å². The van der Waals surface area contributed by atoms with Crippen molar-refractivity contribution in [3.05, 3.63) is 29.7 Å². The molecule has 2 aromatic rings. The van der Waals surface area contributed by atoms with Gasteiger partial charge in [-0.3, -0.25) is 9.48 Å². The van der Waals surface area contributed by atoms with E-state index in [1.807, 2.05) is 17.8 Å². The van der Waals surface area contributed by atoms with Gasteiger partial charge in [0, 0.05) is 37.0 Å². The molecule has 7 heteroatoms. The van der Waals surface area contributed by atoms with Crippen LogP contribution in [-0.2, 0) is 24.7 Å². The van der Waals surface area contributed by atoms with Crippen LogP contribution in [0.4, 0.5) is 11.8 Å². The second-order valence-electron chi connectivity index (χ2n) is 7.01. The lowest BCUT2D eigenvalue weighted by molar-refractivity contribution is -0.120. The van der Waals surface area contributed by atoms with Gasteiger partial charge in [0.1, 0.15) is 5.82 Å². The minimum atomic E-state index is 0.0710. The second-order valence-corrected chi connectivity index (χ2v) is 7.01. The molecule has 0 radical (unpaired) electrons. The Morgan fingerprint density at radius 3 is 2.68 bits per heavy atom. The van der Waals surface area contributed by atoms with Crippen LogP contribution in [0.2, 0.25) is 0 Å². The summed E-state index contributed by atoms with van der Waals surface area (Å²) in [7, 11) is 1.91. The van der Waals surface area contributed by atoms with Crippen LogP contribution >= 0.6 is 0 Å². The third-order valence-corrected chi connectivity index (χ3v) is 5.31. The van der Waals surface area contributed by atoms with Crippen molar-refractivity contribution in [2.24, 2.45) is 13.0 Å². The van der Waals surface area contributed by atoms with E-state index in [2.05, 4.69) is 25.7 Å². The molecule has 2 aliphatic carbocycles. The molecule has 0 unspecified atom stereocenters. The number of amides is 1. The van der Waals surface area contributed by atoms with Gasteiger partial charge in [-0.2, -0.15) is 5.10 Å². The van der Waals surface area contributed by atoms with Crippen molar-refractivity contribution in [1.29, 1.82) is 0 Å². The molecule has 2 aliphatic rings. The number of carbonyl (C=O) groups excluding carboxylic acids is 1. The van der Waals surface area contributed by atoms with Crippen molar-refractivity contribution in [3.8, 4) is 0 Å².